The van der Waals surface area contributed by atoms with Crippen molar-refractivity contribution in [2.75, 3.05) is 5.75 Å². The lowest BCUT2D eigenvalue weighted by molar-refractivity contribution is -0.147. The zero-order valence-corrected chi connectivity index (χ0v) is 10.5. The number of allylic oxidation sites excluding steroid dienone is 2. The second kappa shape index (κ2) is 4.13. The molecule has 3 aliphatic rings. The Bertz CT molecular complexity index is 482. The van der Waals surface area contributed by atoms with Gasteiger partial charge in [-0.2, -0.15) is 0 Å². The first-order chi connectivity index (χ1) is 8.59. The van der Waals surface area contributed by atoms with Gasteiger partial charge < -0.3 is 10.8 Å². The van der Waals surface area contributed by atoms with Gasteiger partial charge in [-0.3, -0.25) is 9.69 Å². The second-order valence-electron chi connectivity index (χ2n) is 4.81. The predicted octanol–water partition coefficient (Wildman–Crippen LogP) is 0.534. The third-order valence-corrected chi connectivity index (χ3v) is 4.76. The maximum Gasteiger partial charge on any atom is 0.352 e. The van der Waals surface area contributed by atoms with E-state index in [0.717, 1.165) is 5.57 Å². The fraction of sp³-hybridized carbons (Fsp3) is 0.500. The van der Waals surface area contributed by atoms with Crippen molar-refractivity contribution < 1.29 is 14.7 Å². The molecule has 1 aliphatic carbocycles. The summed E-state index contributed by atoms with van der Waals surface area (Å²) in [5.41, 5.74) is 6.50. The van der Waals surface area contributed by atoms with Gasteiger partial charge in [0, 0.05) is 5.75 Å². The Hall–Kier alpha value is -1.27. The number of aliphatic carboxylic acids is 1. The summed E-state index contributed by atoms with van der Waals surface area (Å²) in [5, 5.41) is 9.07. The van der Waals surface area contributed by atoms with Crippen molar-refractivity contribution in [2.24, 2.45) is 11.7 Å². The van der Waals surface area contributed by atoms with Gasteiger partial charge in [-0.25, -0.2) is 4.79 Å². The number of amides is 1. The Balaban J connectivity index is 1.92. The molecule has 1 saturated carbocycles. The highest BCUT2D eigenvalue weighted by atomic mass is 32.2. The molecule has 5 nitrogen and oxygen atoms in total. The number of fused-ring (bicyclic) bond motifs is 1. The number of nitrogens with zero attached hydrogens (tertiary/aromatic N) is 1. The first-order valence-electron chi connectivity index (χ1n) is 5.94. The van der Waals surface area contributed by atoms with Crippen LogP contribution in [0.5, 0.6) is 0 Å². The van der Waals surface area contributed by atoms with E-state index >= 15 is 0 Å². The predicted molar refractivity (Wildman–Crippen MR) is 67.6 cm³/mol. The topological polar surface area (TPSA) is 83.6 Å². The van der Waals surface area contributed by atoms with Gasteiger partial charge in [0.2, 0.25) is 5.91 Å². The van der Waals surface area contributed by atoms with E-state index in [-0.39, 0.29) is 17.0 Å². The summed E-state index contributed by atoms with van der Waals surface area (Å²) in [6, 6.07) is -0.557. The Kier molecular flexibility index (Phi) is 2.71. The van der Waals surface area contributed by atoms with Crippen molar-refractivity contribution in [2.45, 2.75) is 24.3 Å². The first-order valence-corrected chi connectivity index (χ1v) is 6.99. The SMILES string of the molecule is NC1C(=O)N2C(C(=O)O)=C(C=CC3CC3)CS[C@@H]12. The molecule has 1 unspecified atom stereocenters. The molecule has 2 heterocycles. The normalized spacial score (nSPS) is 31.6. The van der Waals surface area contributed by atoms with Crippen LogP contribution in [-0.4, -0.2) is 39.1 Å². The largest absolute Gasteiger partial charge is 0.477 e. The van der Waals surface area contributed by atoms with E-state index in [1.807, 2.05) is 12.2 Å². The Labute approximate surface area is 109 Å². The van der Waals surface area contributed by atoms with Gasteiger partial charge in [0.25, 0.3) is 0 Å². The number of thioether (sulfide) groups is 1. The number of carboxylic acid groups (broad SMARTS) is 1. The van der Waals surface area contributed by atoms with Crippen LogP contribution < -0.4 is 5.73 Å². The molecule has 3 N–H and O–H groups in total. The van der Waals surface area contributed by atoms with Gasteiger partial charge in [0.1, 0.15) is 17.1 Å². The molecular formula is C12H14N2O3S. The molecule has 0 aromatic heterocycles. The van der Waals surface area contributed by atoms with E-state index < -0.39 is 12.0 Å². The summed E-state index contributed by atoms with van der Waals surface area (Å²) in [6.45, 7) is 0. The number of carboxylic acids is 1. The molecule has 0 bridgehead atoms. The molecule has 2 fully saturated rings. The van der Waals surface area contributed by atoms with Gasteiger partial charge >= 0.3 is 5.97 Å². The summed E-state index contributed by atoms with van der Waals surface area (Å²) in [7, 11) is 0. The van der Waals surface area contributed by atoms with Gasteiger partial charge in [-0.1, -0.05) is 12.2 Å². The van der Waals surface area contributed by atoms with E-state index in [9.17, 15) is 14.7 Å². The molecule has 1 amide bonds. The average Bonchev–Trinajstić information content (AvgIpc) is 3.17. The lowest BCUT2D eigenvalue weighted by Crippen LogP contribution is -2.68. The number of hydrogen-bond acceptors (Lipinski definition) is 4. The van der Waals surface area contributed by atoms with Crippen molar-refractivity contribution in [3.05, 3.63) is 23.4 Å². The molecule has 1 saturated heterocycles. The number of hydrogen-bond donors (Lipinski definition) is 2. The van der Waals surface area contributed by atoms with Crippen LogP contribution in [0.25, 0.3) is 0 Å². The Morgan fingerprint density at radius 3 is 2.83 bits per heavy atom. The maximum absolute atomic E-state index is 11.7. The smallest absolute Gasteiger partial charge is 0.352 e. The number of rotatable bonds is 3. The van der Waals surface area contributed by atoms with E-state index in [1.54, 1.807) is 0 Å². The first kappa shape index (κ1) is 11.8. The lowest BCUT2D eigenvalue weighted by Gasteiger charge is -2.47. The molecule has 0 aromatic rings. The molecule has 18 heavy (non-hydrogen) atoms. The van der Waals surface area contributed by atoms with Gasteiger partial charge in [-0.15, -0.1) is 11.8 Å². The highest BCUT2D eigenvalue weighted by Gasteiger charge is 2.51. The van der Waals surface area contributed by atoms with Crippen LogP contribution in [0.15, 0.2) is 23.4 Å². The molecule has 2 atom stereocenters. The van der Waals surface area contributed by atoms with Gasteiger partial charge in [0.05, 0.1) is 0 Å². The quantitative estimate of drug-likeness (QED) is 0.728. The lowest BCUT2D eigenvalue weighted by atomic mass is 10.0. The standard InChI is InChI=1S/C12H14N2O3S/c13-8-10(15)14-9(12(16)17)7(5-18-11(8)14)4-3-6-1-2-6/h3-4,6,8,11H,1-2,5,13H2,(H,16,17)/t8?,11-/m0/s1. The molecule has 2 aliphatic heterocycles. The van der Waals surface area contributed by atoms with Crippen LogP contribution in [0.3, 0.4) is 0 Å². The van der Waals surface area contributed by atoms with Crippen molar-refractivity contribution >= 4 is 23.6 Å². The van der Waals surface area contributed by atoms with E-state index in [4.69, 9.17) is 5.73 Å². The molecule has 3 rings (SSSR count). The fourth-order valence-corrected chi connectivity index (χ4v) is 3.47. The summed E-state index contributed by atoms with van der Waals surface area (Å²) >= 11 is 1.53. The van der Waals surface area contributed by atoms with Crippen molar-refractivity contribution in [3.63, 3.8) is 0 Å². The Morgan fingerprint density at radius 1 is 1.50 bits per heavy atom. The molecule has 0 aromatic carbocycles. The highest BCUT2D eigenvalue weighted by molar-refractivity contribution is 8.00. The fourth-order valence-electron chi connectivity index (χ4n) is 2.21. The minimum atomic E-state index is -1.05. The second-order valence-corrected chi connectivity index (χ2v) is 5.92. The summed E-state index contributed by atoms with van der Waals surface area (Å²) in [4.78, 5) is 24.3. The number of nitrogens with two attached hydrogens (primary N) is 1. The van der Waals surface area contributed by atoms with E-state index in [1.165, 1.54) is 29.5 Å². The minimum Gasteiger partial charge on any atom is -0.477 e. The summed E-state index contributed by atoms with van der Waals surface area (Å²) < 4.78 is 0. The molecule has 0 spiro atoms. The van der Waals surface area contributed by atoms with Crippen molar-refractivity contribution in [3.8, 4) is 0 Å². The third-order valence-electron chi connectivity index (χ3n) is 3.43. The third kappa shape index (κ3) is 1.76. The average molecular weight is 266 g/mol. The number of carbonyl (C=O) groups excluding carboxylic acids is 1. The summed E-state index contributed by atoms with van der Waals surface area (Å²) in [6.07, 6.45) is 6.26. The summed E-state index contributed by atoms with van der Waals surface area (Å²) in [5.74, 6) is -0.143. The van der Waals surface area contributed by atoms with Crippen molar-refractivity contribution in [1.82, 2.24) is 4.90 Å². The van der Waals surface area contributed by atoms with Crippen LogP contribution in [0.4, 0.5) is 0 Å². The molecule has 96 valence electrons. The van der Waals surface area contributed by atoms with Gasteiger partial charge in [-0.05, 0) is 24.3 Å². The van der Waals surface area contributed by atoms with Crippen LogP contribution in [-0.2, 0) is 9.59 Å². The molecule has 0 radical (unpaired) electrons. The number of β-lactam (4-membered cyclic amide) rings is 1. The zero-order valence-electron chi connectivity index (χ0n) is 9.70. The van der Waals surface area contributed by atoms with Crippen LogP contribution in [0, 0.1) is 5.92 Å². The number of carbonyl (C=O) groups is 2. The Morgan fingerprint density at radius 2 is 2.22 bits per heavy atom. The molecule has 6 heteroatoms. The minimum absolute atomic E-state index is 0.113. The maximum atomic E-state index is 11.7. The van der Waals surface area contributed by atoms with E-state index in [2.05, 4.69) is 0 Å². The highest BCUT2D eigenvalue weighted by Crippen LogP contribution is 2.40. The van der Waals surface area contributed by atoms with Crippen LogP contribution >= 0.6 is 11.8 Å². The van der Waals surface area contributed by atoms with E-state index in [0.29, 0.717) is 11.7 Å². The zero-order chi connectivity index (χ0) is 12.9. The molecular weight excluding hydrogens is 252 g/mol. The van der Waals surface area contributed by atoms with Crippen LogP contribution in [0.1, 0.15) is 12.8 Å². The van der Waals surface area contributed by atoms with Gasteiger partial charge in [0.15, 0.2) is 0 Å². The van der Waals surface area contributed by atoms with Crippen molar-refractivity contribution in [1.29, 1.82) is 0 Å². The van der Waals surface area contributed by atoms with Crippen LogP contribution in [0.2, 0.25) is 0 Å². The monoisotopic (exact) mass is 266 g/mol.